The molecule has 2 heterocycles. The van der Waals surface area contributed by atoms with Gasteiger partial charge in [0.15, 0.2) is 11.9 Å². The molecule has 0 spiro atoms. The van der Waals surface area contributed by atoms with E-state index in [1.54, 1.807) is 25.7 Å². The summed E-state index contributed by atoms with van der Waals surface area (Å²) in [7, 11) is 0. The molecule has 2 rings (SSSR count). The van der Waals surface area contributed by atoms with Crippen LogP contribution >= 0.6 is 0 Å². The van der Waals surface area contributed by atoms with E-state index in [4.69, 9.17) is 4.74 Å². The normalized spacial score (nSPS) is 19.0. The van der Waals surface area contributed by atoms with Crippen molar-refractivity contribution in [2.45, 2.75) is 53.6 Å². The average molecular weight is 334 g/mol. The minimum absolute atomic E-state index is 0.105. The zero-order valence-corrected chi connectivity index (χ0v) is 15.1. The monoisotopic (exact) mass is 334 g/mol. The van der Waals surface area contributed by atoms with Crippen molar-refractivity contribution >= 4 is 17.7 Å². The number of nitrogens with zero attached hydrogens (tertiary/aromatic N) is 1. The number of carbonyl (C=O) groups is 3. The maximum Gasteiger partial charge on any atom is 0.355 e. The summed E-state index contributed by atoms with van der Waals surface area (Å²) < 4.78 is 5.34. The van der Waals surface area contributed by atoms with E-state index >= 15 is 0 Å². The molecule has 1 fully saturated rings. The van der Waals surface area contributed by atoms with Crippen LogP contribution in [0.4, 0.5) is 0 Å². The van der Waals surface area contributed by atoms with Gasteiger partial charge in [0.1, 0.15) is 5.69 Å². The molecule has 132 valence electrons. The predicted octanol–water partition coefficient (Wildman–Crippen LogP) is 2.64. The number of nitrogens with one attached hydrogen (secondary N) is 1. The van der Waals surface area contributed by atoms with Crippen molar-refractivity contribution in [2.75, 3.05) is 13.1 Å². The van der Waals surface area contributed by atoms with Gasteiger partial charge in [0, 0.05) is 24.3 Å². The molecule has 0 bridgehead atoms. The molecular formula is C18H26N2O4. The van der Waals surface area contributed by atoms with Crippen molar-refractivity contribution in [3.05, 3.63) is 22.5 Å². The lowest BCUT2D eigenvalue weighted by Gasteiger charge is -2.32. The summed E-state index contributed by atoms with van der Waals surface area (Å²) in [5, 5.41) is 0. The first-order chi connectivity index (χ1) is 11.2. The molecule has 0 radical (unpaired) electrons. The summed E-state index contributed by atoms with van der Waals surface area (Å²) in [5.41, 5.74) is 1.95. The van der Waals surface area contributed by atoms with Crippen LogP contribution in [0.1, 0.15) is 65.7 Å². The first kappa shape index (κ1) is 18.2. The SMILES string of the molecule is CC(=O)c1c(C)[nH]c(C(=O)O[C@@H](C)C(=O)N2CCC[C@H](C)C2)c1C. The topological polar surface area (TPSA) is 79.5 Å². The second-order valence-corrected chi connectivity index (χ2v) is 6.76. The van der Waals surface area contributed by atoms with E-state index in [-0.39, 0.29) is 17.4 Å². The smallest absolute Gasteiger partial charge is 0.355 e. The second-order valence-electron chi connectivity index (χ2n) is 6.76. The maximum absolute atomic E-state index is 12.5. The highest BCUT2D eigenvalue weighted by atomic mass is 16.5. The fourth-order valence-corrected chi connectivity index (χ4v) is 3.40. The summed E-state index contributed by atoms with van der Waals surface area (Å²) in [5.74, 6) is -0.402. The van der Waals surface area contributed by atoms with Gasteiger partial charge in [-0.05, 0) is 52.0 Å². The molecule has 1 aliphatic rings. The van der Waals surface area contributed by atoms with Crippen molar-refractivity contribution in [3.8, 4) is 0 Å². The molecule has 6 heteroatoms. The minimum Gasteiger partial charge on any atom is -0.448 e. The fraction of sp³-hybridized carbons (Fsp3) is 0.611. The predicted molar refractivity (Wildman–Crippen MR) is 90.1 cm³/mol. The van der Waals surface area contributed by atoms with Gasteiger partial charge < -0.3 is 14.6 Å². The van der Waals surface area contributed by atoms with Crippen LogP contribution in [-0.4, -0.2) is 46.7 Å². The number of Topliss-reactive ketones (excluding diaryl/α,β-unsaturated/α-hetero) is 1. The number of H-pyrrole nitrogens is 1. The van der Waals surface area contributed by atoms with Gasteiger partial charge in [-0.3, -0.25) is 9.59 Å². The van der Waals surface area contributed by atoms with Crippen molar-refractivity contribution in [1.29, 1.82) is 0 Å². The Morgan fingerprint density at radius 1 is 1.29 bits per heavy atom. The number of hydrogen-bond acceptors (Lipinski definition) is 4. The highest BCUT2D eigenvalue weighted by Gasteiger charge is 2.29. The first-order valence-corrected chi connectivity index (χ1v) is 8.42. The van der Waals surface area contributed by atoms with Crippen LogP contribution in [0, 0.1) is 19.8 Å². The molecule has 1 aliphatic heterocycles. The molecule has 1 aromatic rings. The third kappa shape index (κ3) is 3.68. The zero-order valence-electron chi connectivity index (χ0n) is 15.1. The lowest BCUT2D eigenvalue weighted by Crippen LogP contribution is -2.44. The number of ketones is 1. The van der Waals surface area contributed by atoms with Crippen LogP contribution in [0.15, 0.2) is 0 Å². The van der Waals surface area contributed by atoms with Crippen molar-refractivity contribution in [1.82, 2.24) is 9.88 Å². The number of amides is 1. The van der Waals surface area contributed by atoms with Gasteiger partial charge in [-0.1, -0.05) is 6.92 Å². The number of ether oxygens (including phenoxy) is 1. The number of aromatic amines is 1. The largest absolute Gasteiger partial charge is 0.448 e. The van der Waals surface area contributed by atoms with Crippen LogP contribution in [0.3, 0.4) is 0 Å². The molecule has 6 nitrogen and oxygen atoms in total. The molecule has 2 atom stereocenters. The Kier molecular flexibility index (Phi) is 5.47. The van der Waals surface area contributed by atoms with E-state index in [9.17, 15) is 14.4 Å². The second kappa shape index (κ2) is 7.20. The minimum atomic E-state index is -0.841. The van der Waals surface area contributed by atoms with Crippen LogP contribution < -0.4 is 0 Å². The molecule has 1 saturated heterocycles. The van der Waals surface area contributed by atoms with Gasteiger partial charge in [-0.25, -0.2) is 4.79 Å². The van der Waals surface area contributed by atoms with E-state index < -0.39 is 12.1 Å². The molecule has 0 aliphatic carbocycles. The van der Waals surface area contributed by atoms with Gasteiger partial charge >= 0.3 is 5.97 Å². The Bertz CT molecular complexity index is 662. The lowest BCUT2D eigenvalue weighted by atomic mass is 10.00. The van der Waals surface area contributed by atoms with E-state index in [1.807, 2.05) is 0 Å². The highest BCUT2D eigenvalue weighted by molar-refractivity contribution is 6.01. The first-order valence-electron chi connectivity index (χ1n) is 8.42. The van der Waals surface area contributed by atoms with Gasteiger partial charge in [0.2, 0.25) is 0 Å². The average Bonchev–Trinajstić information content (AvgIpc) is 2.81. The van der Waals surface area contributed by atoms with Crippen molar-refractivity contribution < 1.29 is 19.1 Å². The Hall–Kier alpha value is -2.11. The van der Waals surface area contributed by atoms with Crippen LogP contribution in [0.2, 0.25) is 0 Å². The summed E-state index contributed by atoms with van der Waals surface area (Å²) in [6.45, 7) is 10.0. The summed E-state index contributed by atoms with van der Waals surface area (Å²) in [4.78, 5) is 41.2. The van der Waals surface area contributed by atoms with Gasteiger partial charge in [0.05, 0.1) is 0 Å². The number of hydrogen-bond donors (Lipinski definition) is 1. The number of piperidine rings is 1. The molecule has 1 N–H and O–H groups in total. The van der Waals surface area contributed by atoms with E-state index in [0.29, 0.717) is 35.8 Å². The summed E-state index contributed by atoms with van der Waals surface area (Å²) in [6, 6.07) is 0. The third-order valence-electron chi connectivity index (χ3n) is 4.59. The number of likely N-dealkylation sites (tertiary alicyclic amines) is 1. The van der Waals surface area contributed by atoms with Gasteiger partial charge in [0.25, 0.3) is 5.91 Å². The Morgan fingerprint density at radius 3 is 2.50 bits per heavy atom. The number of esters is 1. The molecule has 0 saturated carbocycles. The Balaban J connectivity index is 2.08. The van der Waals surface area contributed by atoms with E-state index in [1.165, 1.54) is 6.92 Å². The standard InChI is InChI=1S/C18H26N2O4/c1-10-7-6-8-20(9-10)17(22)14(5)24-18(23)16-11(2)15(13(4)21)12(3)19-16/h10,14,19H,6-9H2,1-5H3/t10-,14-/m0/s1. The number of aromatic nitrogens is 1. The maximum atomic E-state index is 12.5. The summed E-state index contributed by atoms with van der Waals surface area (Å²) in [6.07, 6.45) is 1.25. The van der Waals surface area contributed by atoms with E-state index in [2.05, 4.69) is 11.9 Å². The molecular weight excluding hydrogens is 308 g/mol. The molecule has 0 aromatic carbocycles. The van der Waals surface area contributed by atoms with Crippen LogP contribution in [0.5, 0.6) is 0 Å². The number of aryl methyl sites for hydroxylation is 1. The number of rotatable bonds is 4. The Labute approximate surface area is 142 Å². The quantitative estimate of drug-likeness (QED) is 0.678. The van der Waals surface area contributed by atoms with Crippen molar-refractivity contribution in [2.24, 2.45) is 5.92 Å². The molecule has 0 unspecified atom stereocenters. The van der Waals surface area contributed by atoms with Gasteiger partial charge in [-0.15, -0.1) is 0 Å². The van der Waals surface area contributed by atoms with Crippen LogP contribution in [0.25, 0.3) is 0 Å². The zero-order chi connectivity index (χ0) is 18.0. The van der Waals surface area contributed by atoms with Crippen molar-refractivity contribution in [3.63, 3.8) is 0 Å². The van der Waals surface area contributed by atoms with E-state index in [0.717, 1.165) is 12.8 Å². The Morgan fingerprint density at radius 2 is 1.96 bits per heavy atom. The van der Waals surface area contributed by atoms with Gasteiger partial charge in [-0.2, -0.15) is 0 Å². The highest BCUT2D eigenvalue weighted by Crippen LogP contribution is 2.21. The third-order valence-corrected chi connectivity index (χ3v) is 4.59. The fourth-order valence-electron chi connectivity index (χ4n) is 3.40. The number of carbonyl (C=O) groups excluding carboxylic acids is 3. The lowest BCUT2D eigenvalue weighted by molar-refractivity contribution is -0.141. The summed E-state index contributed by atoms with van der Waals surface area (Å²) >= 11 is 0. The molecule has 1 aromatic heterocycles. The molecule has 1 amide bonds. The van der Waals surface area contributed by atoms with Crippen LogP contribution in [-0.2, 0) is 9.53 Å². The molecule has 24 heavy (non-hydrogen) atoms.